The van der Waals surface area contributed by atoms with Crippen molar-refractivity contribution >= 4 is 0 Å². The zero-order valence-corrected chi connectivity index (χ0v) is 12.5. The zero-order chi connectivity index (χ0) is 17.3. The van der Waals surface area contributed by atoms with Crippen molar-refractivity contribution in [2.75, 3.05) is 13.2 Å². The summed E-state index contributed by atoms with van der Waals surface area (Å²) in [4.78, 5) is 0. The first-order valence-corrected chi connectivity index (χ1v) is 7.40. The molecule has 2 aliphatic rings. The van der Waals surface area contributed by atoms with Gasteiger partial charge in [0, 0.05) is 5.92 Å². The Labute approximate surface area is 132 Å². The molecule has 2 rings (SSSR count). The third kappa shape index (κ3) is 3.66. The quantitative estimate of drug-likeness (QED) is 0.267. The van der Waals surface area contributed by atoms with E-state index in [-0.39, 0.29) is 0 Å². The molecule has 0 aromatic heterocycles. The molecule has 0 radical (unpaired) electrons. The van der Waals surface area contributed by atoms with E-state index in [1.807, 2.05) is 0 Å². The van der Waals surface area contributed by atoms with Gasteiger partial charge in [-0.05, 0) is 0 Å². The number of hydrogen-bond acceptors (Lipinski definition) is 10. The highest BCUT2D eigenvalue weighted by Crippen LogP contribution is 2.30. The van der Waals surface area contributed by atoms with Gasteiger partial charge in [-0.2, -0.15) is 0 Å². The van der Waals surface area contributed by atoms with E-state index >= 15 is 0 Å². The first-order chi connectivity index (χ1) is 10.8. The molecule has 0 aromatic rings. The molecule has 2 aliphatic heterocycles. The fourth-order valence-corrected chi connectivity index (χ4v) is 2.72. The van der Waals surface area contributed by atoms with Crippen LogP contribution >= 0.6 is 0 Å². The van der Waals surface area contributed by atoms with Crippen molar-refractivity contribution in [3.05, 3.63) is 0 Å². The summed E-state index contributed by atoms with van der Waals surface area (Å²) in [5.41, 5.74) is 0. The molecule has 0 bridgehead atoms. The average Bonchev–Trinajstić information content (AvgIpc) is 2.55. The number of aliphatic hydroxyl groups excluding tert-OH is 7. The molecule has 0 spiro atoms. The smallest absolute Gasteiger partial charge is 0.187 e. The molecule has 10 atom stereocenters. The van der Waals surface area contributed by atoms with Crippen molar-refractivity contribution in [1.82, 2.24) is 0 Å². The minimum absolute atomic E-state index is 0.567. The van der Waals surface area contributed by atoms with Gasteiger partial charge in [0.15, 0.2) is 12.6 Å². The van der Waals surface area contributed by atoms with E-state index in [0.717, 1.165) is 0 Å². The fourth-order valence-electron chi connectivity index (χ4n) is 2.72. The number of hydrogen-bond donors (Lipinski definition) is 7. The lowest BCUT2D eigenvalue weighted by Gasteiger charge is -2.45. The number of aliphatic hydroxyl groups is 7. The molecule has 10 nitrogen and oxygen atoms in total. The van der Waals surface area contributed by atoms with Crippen LogP contribution in [0.15, 0.2) is 0 Å². The molecular formula is C13H24O10. The van der Waals surface area contributed by atoms with Crippen molar-refractivity contribution in [2.45, 2.75) is 62.2 Å². The molecule has 10 heteroatoms. The van der Waals surface area contributed by atoms with E-state index in [1.165, 1.54) is 6.92 Å². The van der Waals surface area contributed by atoms with Gasteiger partial charge in [0.1, 0.15) is 36.6 Å². The molecule has 0 amide bonds. The summed E-state index contributed by atoms with van der Waals surface area (Å²) >= 11 is 0. The monoisotopic (exact) mass is 340 g/mol. The molecule has 5 unspecified atom stereocenters. The summed E-state index contributed by atoms with van der Waals surface area (Å²) in [7, 11) is 0. The first-order valence-electron chi connectivity index (χ1n) is 7.40. The van der Waals surface area contributed by atoms with Crippen molar-refractivity contribution in [1.29, 1.82) is 0 Å². The molecule has 2 saturated heterocycles. The second-order valence-corrected chi connectivity index (χ2v) is 5.90. The van der Waals surface area contributed by atoms with E-state index in [4.69, 9.17) is 19.3 Å². The maximum Gasteiger partial charge on any atom is 0.187 e. The highest BCUT2D eigenvalue weighted by atomic mass is 16.7. The van der Waals surface area contributed by atoms with Crippen LogP contribution < -0.4 is 0 Å². The van der Waals surface area contributed by atoms with Crippen LogP contribution in [0.2, 0.25) is 0 Å². The van der Waals surface area contributed by atoms with Crippen LogP contribution in [0.3, 0.4) is 0 Å². The van der Waals surface area contributed by atoms with Crippen LogP contribution in [0.5, 0.6) is 0 Å². The molecule has 7 N–H and O–H groups in total. The molecule has 2 heterocycles. The Morgan fingerprint density at radius 3 is 1.96 bits per heavy atom. The van der Waals surface area contributed by atoms with Crippen LogP contribution in [-0.2, 0) is 14.2 Å². The van der Waals surface area contributed by atoms with Gasteiger partial charge in [0.05, 0.1) is 19.3 Å². The summed E-state index contributed by atoms with van der Waals surface area (Å²) in [6.45, 7) is 0.322. The lowest BCUT2D eigenvalue weighted by atomic mass is 9.92. The van der Waals surface area contributed by atoms with Crippen LogP contribution in [0.25, 0.3) is 0 Å². The van der Waals surface area contributed by atoms with Gasteiger partial charge in [-0.15, -0.1) is 0 Å². The fraction of sp³-hybridized carbons (Fsp3) is 1.00. The summed E-state index contributed by atoms with van der Waals surface area (Å²) in [5.74, 6) is -0.729. The number of rotatable bonds is 4. The van der Waals surface area contributed by atoms with Crippen LogP contribution in [0.1, 0.15) is 6.92 Å². The minimum Gasteiger partial charge on any atom is -0.394 e. The molecule has 23 heavy (non-hydrogen) atoms. The Balaban J connectivity index is 2.11. The predicted molar refractivity (Wildman–Crippen MR) is 71.8 cm³/mol. The minimum atomic E-state index is -1.64. The second-order valence-electron chi connectivity index (χ2n) is 5.90. The molecule has 136 valence electrons. The highest BCUT2D eigenvalue weighted by Gasteiger charge is 2.49. The zero-order valence-electron chi connectivity index (χ0n) is 12.5. The van der Waals surface area contributed by atoms with Gasteiger partial charge in [-0.1, -0.05) is 6.92 Å². The van der Waals surface area contributed by atoms with E-state index in [9.17, 15) is 30.6 Å². The lowest BCUT2D eigenvalue weighted by molar-refractivity contribution is -0.349. The maximum absolute atomic E-state index is 10.2. The molecule has 2 fully saturated rings. The van der Waals surface area contributed by atoms with Gasteiger partial charge >= 0.3 is 0 Å². The summed E-state index contributed by atoms with van der Waals surface area (Å²) in [5, 5.41) is 67.7. The first kappa shape index (κ1) is 18.9. The summed E-state index contributed by atoms with van der Waals surface area (Å²) < 4.78 is 15.8. The molecule has 0 aromatic carbocycles. The van der Waals surface area contributed by atoms with E-state index in [1.54, 1.807) is 0 Å². The summed E-state index contributed by atoms with van der Waals surface area (Å²) in [6.07, 6.45) is -12.2. The second kappa shape index (κ2) is 7.66. The maximum atomic E-state index is 10.2. The largest absolute Gasteiger partial charge is 0.394 e. The Hall–Kier alpha value is -0.400. The number of ether oxygens (including phenoxy) is 3. The Bertz CT molecular complexity index is 378. The van der Waals surface area contributed by atoms with Gasteiger partial charge in [0.2, 0.25) is 0 Å². The van der Waals surface area contributed by atoms with Gasteiger partial charge in [-0.25, -0.2) is 0 Å². The van der Waals surface area contributed by atoms with E-state index in [2.05, 4.69) is 0 Å². The van der Waals surface area contributed by atoms with E-state index < -0.39 is 74.4 Å². The normalized spacial score (nSPS) is 51.7. The van der Waals surface area contributed by atoms with Crippen LogP contribution in [-0.4, -0.2) is 104 Å². The van der Waals surface area contributed by atoms with E-state index in [0.29, 0.717) is 0 Å². The van der Waals surface area contributed by atoms with Crippen LogP contribution in [0, 0.1) is 5.92 Å². The van der Waals surface area contributed by atoms with Gasteiger partial charge in [0.25, 0.3) is 0 Å². The standard InChI is InChI=1S/C13H24O10/c1-4-7(16)11(6(3-15)21-12(4)20)23-13-10(19)9(18)8(17)5(2-14)22-13/h4-20H,2-3H2,1H3/t4-,5?,6?,7?,8+,9?,10-,11+,12?,13+/m1/s1. The van der Waals surface area contributed by atoms with Crippen molar-refractivity contribution in [2.24, 2.45) is 5.92 Å². The Kier molecular flexibility index (Phi) is 6.30. The van der Waals surface area contributed by atoms with Crippen molar-refractivity contribution in [3.63, 3.8) is 0 Å². The van der Waals surface area contributed by atoms with Gasteiger partial charge < -0.3 is 50.0 Å². The molecule has 0 aliphatic carbocycles. The average molecular weight is 340 g/mol. The SMILES string of the molecule is C[C@H]1C(O)OC(CO)[C@H](O[C@@H]2OC(CO)[C@H](O)C(O)[C@H]2O)C1O. The third-order valence-corrected chi connectivity index (χ3v) is 4.33. The molecule has 0 saturated carbocycles. The highest BCUT2D eigenvalue weighted by molar-refractivity contribution is 4.92. The van der Waals surface area contributed by atoms with Crippen molar-refractivity contribution < 1.29 is 50.0 Å². The Morgan fingerprint density at radius 1 is 0.783 bits per heavy atom. The lowest BCUT2D eigenvalue weighted by Crippen LogP contribution is -2.63. The molecular weight excluding hydrogens is 316 g/mol. The topological polar surface area (TPSA) is 169 Å². The third-order valence-electron chi connectivity index (χ3n) is 4.33. The van der Waals surface area contributed by atoms with Crippen molar-refractivity contribution in [3.8, 4) is 0 Å². The predicted octanol–water partition coefficient (Wildman–Crippen LogP) is -4.12. The van der Waals surface area contributed by atoms with Gasteiger partial charge in [-0.3, -0.25) is 0 Å². The Morgan fingerprint density at radius 2 is 1.39 bits per heavy atom. The van der Waals surface area contributed by atoms with Crippen LogP contribution in [0.4, 0.5) is 0 Å². The summed E-state index contributed by atoms with van der Waals surface area (Å²) in [6, 6.07) is 0.